The number of nitrogens with zero attached hydrogens (tertiary/aromatic N) is 1. The molecule has 0 radical (unpaired) electrons. The highest BCUT2D eigenvalue weighted by atomic mass is 16.3. The molecule has 2 N–H and O–H groups in total. The van der Waals surface area contributed by atoms with Crippen molar-refractivity contribution in [3.63, 3.8) is 0 Å². The van der Waals surface area contributed by atoms with Crippen LogP contribution in [0.3, 0.4) is 0 Å². The van der Waals surface area contributed by atoms with Crippen molar-refractivity contribution in [2.24, 2.45) is 0 Å². The first-order valence-corrected chi connectivity index (χ1v) is 8.70. The molecule has 0 unspecified atom stereocenters. The second kappa shape index (κ2) is 6.25. The van der Waals surface area contributed by atoms with Crippen molar-refractivity contribution in [3.05, 3.63) is 35.4 Å². The lowest BCUT2D eigenvalue weighted by molar-refractivity contribution is -0.133. The number of nitrogens with one attached hydrogen (secondary N) is 1. The maximum Gasteiger partial charge on any atom is 0.241 e. The van der Waals surface area contributed by atoms with Crippen LogP contribution in [0.5, 0.6) is 0 Å². The highest BCUT2D eigenvalue weighted by molar-refractivity contribution is 5.88. The zero-order chi connectivity index (χ0) is 16.5. The number of rotatable bonds is 4. The summed E-state index contributed by atoms with van der Waals surface area (Å²) in [6.07, 6.45) is 6.35. The second-order valence-corrected chi connectivity index (χ2v) is 7.52. The van der Waals surface area contributed by atoms with Gasteiger partial charge in [0.25, 0.3) is 0 Å². The Bertz CT molecular complexity index is 551. The molecule has 2 aliphatic carbocycles. The molecule has 0 aromatic heterocycles. The number of aliphatic hydroxyl groups is 1. The van der Waals surface area contributed by atoms with Gasteiger partial charge in [-0.15, -0.1) is 0 Å². The molecule has 4 heteroatoms. The van der Waals surface area contributed by atoms with Gasteiger partial charge in [-0.2, -0.15) is 0 Å². The molecular formula is C19H28N2O2. The van der Waals surface area contributed by atoms with Crippen LogP contribution in [0.25, 0.3) is 0 Å². The lowest BCUT2D eigenvalue weighted by Gasteiger charge is -2.37. The summed E-state index contributed by atoms with van der Waals surface area (Å²) in [6, 6.07) is 8.30. The summed E-state index contributed by atoms with van der Waals surface area (Å²) >= 11 is 0. The number of fused-ring (bicyclic) bond motifs is 1. The third-order valence-corrected chi connectivity index (χ3v) is 5.73. The van der Waals surface area contributed by atoms with Gasteiger partial charge >= 0.3 is 0 Å². The Morgan fingerprint density at radius 3 is 2.22 bits per heavy atom. The highest BCUT2D eigenvalue weighted by Gasteiger charge is 2.46. The smallest absolute Gasteiger partial charge is 0.241 e. The van der Waals surface area contributed by atoms with Gasteiger partial charge in [-0.05, 0) is 38.1 Å². The number of hydrogen-bond acceptors (Lipinski definition) is 3. The topological polar surface area (TPSA) is 52.6 Å². The largest absolute Gasteiger partial charge is 0.388 e. The zero-order valence-electron chi connectivity index (χ0n) is 14.3. The summed E-state index contributed by atoms with van der Waals surface area (Å²) in [6.45, 7) is 0.373. The van der Waals surface area contributed by atoms with Gasteiger partial charge in [-0.3, -0.25) is 9.69 Å². The third kappa shape index (κ3) is 3.15. The minimum Gasteiger partial charge on any atom is -0.388 e. The molecule has 0 atom stereocenters. The van der Waals surface area contributed by atoms with Gasteiger partial charge in [0.1, 0.15) is 5.54 Å². The molecule has 4 nitrogen and oxygen atoms in total. The summed E-state index contributed by atoms with van der Waals surface area (Å²) in [5.41, 5.74) is 1.27. The fourth-order valence-corrected chi connectivity index (χ4v) is 4.07. The first-order valence-electron chi connectivity index (χ1n) is 8.70. The Balaban J connectivity index is 1.71. The Kier molecular flexibility index (Phi) is 4.47. The first kappa shape index (κ1) is 16.5. The Hall–Kier alpha value is -1.39. The van der Waals surface area contributed by atoms with Crippen molar-refractivity contribution in [2.75, 3.05) is 20.6 Å². The molecule has 0 bridgehead atoms. The predicted molar refractivity (Wildman–Crippen MR) is 91.3 cm³/mol. The molecule has 126 valence electrons. The van der Waals surface area contributed by atoms with Crippen LogP contribution in [0.2, 0.25) is 0 Å². The van der Waals surface area contributed by atoms with Gasteiger partial charge in [-0.25, -0.2) is 0 Å². The molecule has 23 heavy (non-hydrogen) atoms. The average Bonchev–Trinajstić information content (AvgIpc) is 2.94. The third-order valence-electron chi connectivity index (χ3n) is 5.73. The van der Waals surface area contributed by atoms with Crippen molar-refractivity contribution in [2.45, 2.75) is 56.1 Å². The van der Waals surface area contributed by atoms with E-state index in [1.54, 1.807) is 0 Å². The summed E-state index contributed by atoms with van der Waals surface area (Å²) in [5, 5.41) is 13.7. The number of hydrogen-bond donors (Lipinski definition) is 2. The van der Waals surface area contributed by atoms with Crippen molar-refractivity contribution in [1.29, 1.82) is 0 Å². The number of carbonyl (C=O) groups is 1. The zero-order valence-corrected chi connectivity index (χ0v) is 14.3. The van der Waals surface area contributed by atoms with Gasteiger partial charge in [0, 0.05) is 19.4 Å². The van der Waals surface area contributed by atoms with Crippen LogP contribution < -0.4 is 5.32 Å². The molecule has 1 fully saturated rings. The lowest BCUT2D eigenvalue weighted by Crippen LogP contribution is -2.59. The molecule has 0 aliphatic heterocycles. The van der Waals surface area contributed by atoms with Crippen LogP contribution in [-0.4, -0.2) is 47.7 Å². The van der Waals surface area contributed by atoms with E-state index in [2.05, 4.69) is 17.4 Å². The normalized spacial score (nSPS) is 21.9. The van der Waals surface area contributed by atoms with Gasteiger partial charge in [0.05, 0.1) is 5.60 Å². The molecule has 1 saturated carbocycles. The fourth-order valence-electron chi connectivity index (χ4n) is 4.07. The van der Waals surface area contributed by atoms with Crippen LogP contribution in [-0.2, 0) is 17.6 Å². The van der Waals surface area contributed by atoms with Crippen molar-refractivity contribution < 1.29 is 9.90 Å². The maximum absolute atomic E-state index is 13.0. The van der Waals surface area contributed by atoms with Gasteiger partial charge in [0.15, 0.2) is 0 Å². The van der Waals surface area contributed by atoms with Crippen LogP contribution in [0.15, 0.2) is 24.3 Å². The Morgan fingerprint density at radius 2 is 1.70 bits per heavy atom. The minimum absolute atomic E-state index is 0.0395. The maximum atomic E-state index is 13.0. The predicted octanol–water partition coefficient (Wildman–Crippen LogP) is 1.90. The summed E-state index contributed by atoms with van der Waals surface area (Å²) in [4.78, 5) is 15.0. The van der Waals surface area contributed by atoms with Gasteiger partial charge < -0.3 is 10.4 Å². The van der Waals surface area contributed by atoms with Crippen LogP contribution >= 0.6 is 0 Å². The van der Waals surface area contributed by atoms with E-state index in [9.17, 15) is 9.90 Å². The van der Waals surface area contributed by atoms with Gasteiger partial charge in [-0.1, -0.05) is 43.5 Å². The summed E-state index contributed by atoms with van der Waals surface area (Å²) in [7, 11) is 3.95. The fraction of sp³-hybridized carbons (Fsp3) is 0.632. The van der Waals surface area contributed by atoms with Crippen LogP contribution in [0.4, 0.5) is 0 Å². The summed E-state index contributed by atoms with van der Waals surface area (Å²) < 4.78 is 0. The standard InChI is InChI=1S/C19H28N2O2/c1-21(2)19(12-15-8-4-5-9-16(15)13-19)17(22)20-14-18(23)10-6-3-7-11-18/h4-5,8-9,23H,3,6-7,10-14H2,1-2H3,(H,20,22). The quantitative estimate of drug-likeness (QED) is 0.892. The van der Waals surface area contributed by atoms with Crippen molar-refractivity contribution >= 4 is 5.91 Å². The molecule has 1 aromatic rings. The molecule has 0 heterocycles. The van der Waals surface area contributed by atoms with E-state index in [1.165, 1.54) is 17.5 Å². The average molecular weight is 316 g/mol. The highest BCUT2D eigenvalue weighted by Crippen LogP contribution is 2.34. The number of carbonyl (C=O) groups excluding carboxylic acids is 1. The summed E-state index contributed by atoms with van der Waals surface area (Å²) in [5.74, 6) is 0.0395. The monoisotopic (exact) mass is 316 g/mol. The van der Waals surface area contributed by atoms with E-state index >= 15 is 0 Å². The van der Waals surface area contributed by atoms with E-state index in [0.29, 0.717) is 6.54 Å². The molecule has 0 spiro atoms. The molecular weight excluding hydrogens is 288 g/mol. The lowest BCUT2D eigenvalue weighted by atomic mass is 9.84. The molecule has 0 saturated heterocycles. The Morgan fingerprint density at radius 1 is 1.13 bits per heavy atom. The van der Waals surface area contributed by atoms with E-state index in [4.69, 9.17) is 0 Å². The van der Waals surface area contributed by atoms with E-state index in [-0.39, 0.29) is 5.91 Å². The van der Waals surface area contributed by atoms with E-state index < -0.39 is 11.1 Å². The van der Waals surface area contributed by atoms with Crippen LogP contribution in [0, 0.1) is 0 Å². The van der Waals surface area contributed by atoms with Gasteiger partial charge in [0.2, 0.25) is 5.91 Å². The minimum atomic E-state index is -0.715. The molecule has 1 amide bonds. The molecule has 1 aromatic carbocycles. The molecule has 2 aliphatic rings. The van der Waals surface area contributed by atoms with Crippen LogP contribution in [0.1, 0.15) is 43.2 Å². The molecule has 3 rings (SSSR count). The SMILES string of the molecule is CN(C)C1(C(=O)NCC2(O)CCCCC2)Cc2ccccc2C1. The second-order valence-electron chi connectivity index (χ2n) is 7.52. The Labute approximate surface area is 138 Å². The number of amides is 1. The van der Waals surface area contributed by atoms with Crippen molar-refractivity contribution in [3.8, 4) is 0 Å². The van der Waals surface area contributed by atoms with E-state index in [0.717, 1.165) is 38.5 Å². The number of benzene rings is 1. The van der Waals surface area contributed by atoms with Crippen molar-refractivity contribution in [1.82, 2.24) is 10.2 Å². The first-order chi connectivity index (χ1) is 11.0. The number of likely N-dealkylation sites (N-methyl/N-ethyl adjacent to an activating group) is 1. The van der Waals surface area contributed by atoms with E-state index in [1.807, 2.05) is 31.1 Å².